The first-order chi connectivity index (χ1) is 14.5. The summed E-state index contributed by atoms with van der Waals surface area (Å²) < 4.78 is 26.8. The van der Waals surface area contributed by atoms with Crippen molar-refractivity contribution >= 4 is 40.0 Å². The molecule has 170 valence electrons. The van der Waals surface area contributed by atoms with Crippen molar-refractivity contribution in [3.05, 3.63) is 65.7 Å². The molecule has 0 aromatic heterocycles. The molecular formula is C23H33IN4O2S. The summed E-state index contributed by atoms with van der Waals surface area (Å²) in [7, 11) is -1.60. The zero-order valence-electron chi connectivity index (χ0n) is 18.3. The molecular weight excluding hydrogens is 523 g/mol. The van der Waals surface area contributed by atoms with Gasteiger partial charge in [0.15, 0.2) is 5.96 Å². The predicted molar refractivity (Wildman–Crippen MR) is 137 cm³/mol. The molecule has 2 aromatic rings. The Balaban J connectivity index is 0.00000341. The fourth-order valence-electron chi connectivity index (χ4n) is 3.57. The van der Waals surface area contributed by atoms with Gasteiger partial charge in [-0.05, 0) is 55.9 Å². The van der Waals surface area contributed by atoms with E-state index >= 15 is 0 Å². The second-order valence-electron chi connectivity index (χ2n) is 7.75. The molecule has 0 saturated carbocycles. The van der Waals surface area contributed by atoms with Gasteiger partial charge in [-0.3, -0.25) is 4.99 Å². The summed E-state index contributed by atoms with van der Waals surface area (Å²) in [6.45, 7) is 3.97. The standard InChI is InChI=1S/C23H32N4O2S.HI/c1-19(10-11-20-8-4-3-5-9-20)26-23(24-2)25-18-21-12-14-22(15-13-21)30(28,29)27-16-6-7-17-27;/h3-5,8-9,12-15,19H,6-7,10-11,16-18H2,1-2H3,(H2,24,25,26);1H. The maximum Gasteiger partial charge on any atom is 0.243 e. The first-order valence-corrected chi connectivity index (χ1v) is 12.0. The minimum absolute atomic E-state index is 0. The van der Waals surface area contributed by atoms with Crippen molar-refractivity contribution in [1.82, 2.24) is 14.9 Å². The highest BCUT2D eigenvalue weighted by Crippen LogP contribution is 2.21. The topological polar surface area (TPSA) is 73.8 Å². The highest BCUT2D eigenvalue weighted by Gasteiger charge is 2.26. The molecule has 0 amide bonds. The normalized spacial score (nSPS) is 15.9. The van der Waals surface area contributed by atoms with Gasteiger partial charge in [-0.1, -0.05) is 42.5 Å². The van der Waals surface area contributed by atoms with E-state index in [-0.39, 0.29) is 30.0 Å². The molecule has 0 bridgehead atoms. The maximum absolute atomic E-state index is 12.6. The van der Waals surface area contributed by atoms with Gasteiger partial charge in [-0.2, -0.15) is 4.31 Å². The van der Waals surface area contributed by atoms with Crippen LogP contribution in [-0.4, -0.2) is 44.9 Å². The number of guanidine groups is 1. The zero-order chi connectivity index (χ0) is 21.4. The third-order valence-corrected chi connectivity index (χ3v) is 7.31. The number of benzene rings is 2. The van der Waals surface area contributed by atoms with Crippen molar-refractivity contribution in [3.63, 3.8) is 0 Å². The Morgan fingerprint density at radius 1 is 1.03 bits per heavy atom. The Kier molecular flexibility index (Phi) is 10.2. The van der Waals surface area contributed by atoms with E-state index in [9.17, 15) is 8.42 Å². The Bertz CT molecular complexity index is 928. The lowest BCUT2D eigenvalue weighted by molar-refractivity contribution is 0.477. The number of sulfonamides is 1. The van der Waals surface area contributed by atoms with Gasteiger partial charge in [0.25, 0.3) is 0 Å². The lowest BCUT2D eigenvalue weighted by Gasteiger charge is -2.18. The third-order valence-electron chi connectivity index (χ3n) is 5.40. The van der Waals surface area contributed by atoms with Crippen molar-refractivity contribution in [3.8, 4) is 0 Å². The van der Waals surface area contributed by atoms with E-state index in [4.69, 9.17) is 0 Å². The van der Waals surface area contributed by atoms with E-state index in [2.05, 4.69) is 46.8 Å². The second-order valence-corrected chi connectivity index (χ2v) is 9.69. The van der Waals surface area contributed by atoms with Crippen LogP contribution in [0.2, 0.25) is 0 Å². The van der Waals surface area contributed by atoms with Gasteiger partial charge >= 0.3 is 0 Å². The van der Waals surface area contributed by atoms with Crippen LogP contribution in [0, 0.1) is 0 Å². The van der Waals surface area contributed by atoms with Crippen LogP contribution < -0.4 is 10.6 Å². The van der Waals surface area contributed by atoms with E-state index in [1.165, 1.54) is 5.56 Å². The van der Waals surface area contributed by atoms with E-state index in [0.717, 1.165) is 37.2 Å². The van der Waals surface area contributed by atoms with Crippen LogP contribution in [0.25, 0.3) is 0 Å². The van der Waals surface area contributed by atoms with Gasteiger partial charge in [0.1, 0.15) is 0 Å². The summed E-state index contributed by atoms with van der Waals surface area (Å²) in [4.78, 5) is 4.66. The summed E-state index contributed by atoms with van der Waals surface area (Å²) in [6, 6.07) is 17.9. The number of rotatable bonds is 8. The molecule has 1 fully saturated rings. The molecule has 1 aliphatic rings. The molecule has 31 heavy (non-hydrogen) atoms. The summed E-state index contributed by atoms with van der Waals surface area (Å²) in [5.41, 5.74) is 2.34. The van der Waals surface area contributed by atoms with Crippen LogP contribution in [0.4, 0.5) is 0 Å². The highest BCUT2D eigenvalue weighted by atomic mass is 127. The van der Waals surface area contributed by atoms with Gasteiger partial charge in [0, 0.05) is 32.7 Å². The zero-order valence-corrected chi connectivity index (χ0v) is 21.4. The molecule has 2 N–H and O–H groups in total. The lowest BCUT2D eigenvalue weighted by Crippen LogP contribution is -2.42. The van der Waals surface area contributed by atoms with E-state index in [0.29, 0.717) is 24.5 Å². The predicted octanol–water partition coefficient (Wildman–Crippen LogP) is 3.78. The van der Waals surface area contributed by atoms with Crippen LogP contribution in [0.1, 0.15) is 37.3 Å². The van der Waals surface area contributed by atoms with Gasteiger partial charge < -0.3 is 10.6 Å². The van der Waals surface area contributed by atoms with Crippen LogP contribution >= 0.6 is 24.0 Å². The summed E-state index contributed by atoms with van der Waals surface area (Å²) in [5, 5.41) is 6.72. The van der Waals surface area contributed by atoms with Gasteiger partial charge in [0.05, 0.1) is 4.90 Å². The smallest absolute Gasteiger partial charge is 0.243 e. The minimum Gasteiger partial charge on any atom is -0.354 e. The quantitative estimate of drug-likeness (QED) is 0.295. The van der Waals surface area contributed by atoms with Crippen molar-refractivity contribution in [1.29, 1.82) is 0 Å². The van der Waals surface area contributed by atoms with E-state index < -0.39 is 10.0 Å². The SMILES string of the molecule is CN=C(NCc1ccc(S(=O)(=O)N2CCCC2)cc1)NC(C)CCc1ccccc1.I. The number of aliphatic imine (C=N–C) groups is 1. The minimum atomic E-state index is -3.36. The molecule has 1 heterocycles. The van der Waals surface area contributed by atoms with E-state index in [1.54, 1.807) is 23.5 Å². The fourth-order valence-corrected chi connectivity index (χ4v) is 5.09. The largest absolute Gasteiger partial charge is 0.354 e. The Morgan fingerprint density at radius 2 is 1.68 bits per heavy atom. The number of nitrogens with zero attached hydrogens (tertiary/aromatic N) is 2. The van der Waals surface area contributed by atoms with Crippen LogP contribution in [0.5, 0.6) is 0 Å². The Labute approximate surface area is 203 Å². The number of hydrogen-bond donors (Lipinski definition) is 2. The molecule has 3 rings (SSSR count). The third kappa shape index (κ3) is 7.47. The Hall–Kier alpha value is -1.65. The molecule has 1 saturated heterocycles. The number of halogens is 1. The first kappa shape index (κ1) is 25.6. The van der Waals surface area contributed by atoms with Gasteiger partial charge in [0.2, 0.25) is 10.0 Å². The van der Waals surface area contributed by atoms with Crippen LogP contribution in [-0.2, 0) is 23.0 Å². The van der Waals surface area contributed by atoms with Gasteiger partial charge in [-0.15, -0.1) is 24.0 Å². The number of aryl methyl sites for hydroxylation is 1. The van der Waals surface area contributed by atoms with Crippen molar-refractivity contribution < 1.29 is 8.42 Å². The monoisotopic (exact) mass is 556 g/mol. The molecule has 1 atom stereocenters. The van der Waals surface area contributed by atoms with Crippen molar-refractivity contribution in [2.75, 3.05) is 20.1 Å². The molecule has 0 radical (unpaired) electrons. The maximum atomic E-state index is 12.6. The summed E-state index contributed by atoms with van der Waals surface area (Å²) in [5.74, 6) is 0.740. The van der Waals surface area contributed by atoms with Crippen molar-refractivity contribution in [2.24, 2.45) is 4.99 Å². The molecule has 1 aliphatic heterocycles. The van der Waals surface area contributed by atoms with Gasteiger partial charge in [-0.25, -0.2) is 8.42 Å². The molecule has 2 aromatic carbocycles. The number of hydrogen-bond acceptors (Lipinski definition) is 3. The fraction of sp³-hybridized carbons (Fsp3) is 0.435. The molecule has 0 aliphatic carbocycles. The van der Waals surface area contributed by atoms with E-state index in [1.807, 2.05) is 18.2 Å². The first-order valence-electron chi connectivity index (χ1n) is 10.6. The summed E-state index contributed by atoms with van der Waals surface area (Å²) >= 11 is 0. The van der Waals surface area contributed by atoms with Crippen LogP contribution in [0.15, 0.2) is 64.5 Å². The molecule has 6 nitrogen and oxygen atoms in total. The highest BCUT2D eigenvalue weighted by molar-refractivity contribution is 14.0. The number of nitrogens with one attached hydrogen (secondary N) is 2. The lowest BCUT2D eigenvalue weighted by atomic mass is 10.1. The average Bonchev–Trinajstić information content (AvgIpc) is 3.32. The molecule has 8 heteroatoms. The van der Waals surface area contributed by atoms with Crippen molar-refractivity contribution in [2.45, 2.75) is 50.1 Å². The molecule has 1 unspecified atom stereocenters. The van der Waals surface area contributed by atoms with Crippen LogP contribution in [0.3, 0.4) is 0 Å². The second kappa shape index (κ2) is 12.4. The average molecular weight is 557 g/mol. The summed E-state index contributed by atoms with van der Waals surface area (Å²) in [6.07, 6.45) is 3.90. The molecule has 0 spiro atoms. The Morgan fingerprint density at radius 3 is 2.29 bits per heavy atom.